The highest BCUT2D eigenvalue weighted by atomic mass is 79.9. The lowest BCUT2D eigenvalue weighted by molar-refractivity contribution is -0.118. The predicted molar refractivity (Wildman–Crippen MR) is 77.8 cm³/mol. The number of thioether (sulfide) groups is 1. The van der Waals surface area contributed by atoms with Gasteiger partial charge in [-0.3, -0.25) is 4.79 Å². The Bertz CT molecular complexity index is 468. The van der Waals surface area contributed by atoms with Crippen molar-refractivity contribution in [1.82, 2.24) is 0 Å². The number of carbonyl (C=O) groups excluding carboxylic acids is 1. The Hall–Kier alpha value is -0.260. The monoisotopic (exact) mass is 351 g/mol. The van der Waals surface area contributed by atoms with E-state index in [0.717, 1.165) is 18.6 Å². The molecule has 18 heavy (non-hydrogen) atoms. The number of rotatable bonds is 2. The molecule has 1 unspecified atom stereocenters. The fraction of sp³-hybridized carbons (Fsp3) is 0.417. The number of hydrogen-bond acceptors (Lipinski definition) is 2. The van der Waals surface area contributed by atoms with E-state index in [9.17, 15) is 9.18 Å². The van der Waals surface area contributed by atoms with E-state index >= 15 is 0 Å². The first-order valence-corrected chi connectivity index (χ1v) is 7.68. The van der Waals surface area contributed by atoms with Crippen molar-refractivity contribution in [2.24, 2.45) is 0 Å². The van der Waals surface area contributed by atoms with Gasteiger partial charge in [0.05, 0.1) is 15.5 Å². The number of amides is 1. The van der Waals surface area contributed by atoms with Crippen LogP contribution in [0.1, 0.15) is 19.8 Å². The average molecular weight is 353 g/mol. The van der Waals surface area contributed by atoms with E-state index in [4.69, 9.17) is 11.6 Å². The predicted octanol–water partition coefficient (Wildman–Crippen LogP) is 4.47. The van der Waals surface area contributed by atoms with Crippen LogP contribution in [0.4, 0.5) is 10.1 Å². The normalized spacial score (nSPS) is 23.1. The summed E-state index contributed by atoms with van der Waals surface area (Å²) in [6.45, 7) is 1.92. The van der Waals surface area contributed by atoms with Crippen molar-refractivity contribution >= 4 is 50.9 Å². The zero-order valence-electron chi connectivity index (χ0n) is 9.73. The summed E-state index contributed by atoms with van der Waals surface area (Å²) in [5, 5.41) is 2.98. The van der Waals surface area contributed by atoms with Gasteiger partial charge in [-0.2, -0.15) is 0 Å². The molecule has 1 heterocycles. The molecular weight excluding hydrogens is 341 g/mol. The smallest absolute Gasteiger partial charge is 0.240 e. The molecule has 1 amide bonds. The summed E-state index contributed by atoms with van der Waals surface area (Å²) in [5.41, 5.74) is 0.428. The lowest BCUT2D eigenvalue weighted by Crippen LogP contribution is -2.34. The van der Waals surface area contributed by atoms with Gasteiger partial charge in [0.25, 0.3) is 0 Å². The van der Waals surface area contributed by atoms with Crippen LogP contribution in [0.2, 0.25) is 5.02 Å². The second kappa shape index (κ2) is 5.39. The molecule has 1 aliphatic rings. The highest BCUT2D eigenvalue weighted by Gasteiger charge is 2.37. The first-order valence-electron chi connectivity index (χ1n) is 5.52. The van der Waals surface area contributed by atoms with Gasteiger partial charge in [0.1, 0.15) is 5.82 Å². The quantitative estimate of drug-likeness (QED) is 0.851. The van der Waals surface area contributed by atoms with Crippen LogP contribution in [0, 0.1) is 5.82 Å². The van der Waals surface area contributed by atoms with Crippen molar-refractivity contribution in [3.63, 3.8) is 0 Å². The third kappa shape index (κ3) is 2.83. The van der Waals surface area contributed by atoms with Crippen LogP contribution in [0.5, 0.6) is 0 Å². The van der Waals surface area contributed by atoms with Crippen LogP contribution in [-0.4, -0.2) is 16.4 Å². The van der Waals surface area contributed by atoms with E-state index < -0.39 is 10.6 Å². The minimum absolute atomic E-state index is 0.0841. The topological polar surface area (TPSA) is 29.1 Å². The molecule has 98 valence electrons. The second-order valence-corrected chi connectivity index (χ2v) is 7.24. The van der Waals surface area contributed by atoms with Crippen LogP contribution in [-0.2, 0) is 4.79 Å². The molecule has 1 aromatic carbocycles. The van der Waals surface area contributed by atoms with Gasteiger partial charge in [-0.05, 0) is 53.6 Å². The third-order valence-corrected chi connectivity index (χ3v) is 5.39. The standard InChI is InChI=1S/C12H12BrClFNOS/c1-12(3-2-4-18-12)11(17)16-10-8(13)5-7(15)6-9(10)14/h5-6H,2-4H2,1H3,(H,16,17). The molecular formula is C12H12BrClFNOS. The Morgan fingerprint density at radius 3 is 2.89 bits per heavy atom. The van der Waals surface area contributed by atoms with E-state index in [-0.39, 0.29) is 10.9 Å². The fourth-order valence-electron chi connectivity index (χ4n) is 1.87. The van der Waals surface area contributed by atoms with Gasteiger partial charge >= 0.3 is 0 Å². The molecule has 0 aliphatic carbocycles. The molecule has 1 aromatic rings. The summed E-state index contributed by atoms with van der Waals surface area (Å²) >= 11 is 10.8. The van der Waals surface area contributed by atoms with Gasteiger partial charge < -0.3 is 5.32 Å². The van der Waals surface area contributed by atoms with Crippen molar-refractivity contribution in [2.45, 2.75) is 24.5 Å². The summed E-state index contributed by atoms with van der Waals surface area (Å²) in [5.74, 6) is 0.466. The number of halogens is 3. The summed E-state index contributed by atoms with van der Waals surface area (Å²) in [6.07, 6.45) is 1.88. The Labute approximate surface area is 123 Å². The summed E-state index contributed by atoms with van der Waals surface area (Å²) in [7, 11) is 0. The van der Waals surface area contributed by atoms with Gasteiger partial charge in [-0.15, -0.1) is 11.8 Å². The average Bonchev–Trinajstić information content (AvgIpc) is 2.71. The van der Waals surface area contributed by atoms with Crippen LogP contribution >= 0.6 is 39.3 Å². The molecule has 0 aromatic heterocycles. The van der Waals surface area contributed by atoms with Gasteiger partial charge in [-0.25, -0.2) is 4.39 Å². The summed E-state index contributed by atoms with van der Waals surface area (Å²) in [4.78, 5) is 12.2. The van der Waals surface area contributed by atoms with E-state index in [1.54, 1.807) is 11.8 Å². The SMILES string of the molecule is CC1(C(=O)Nc2c(Cl)cc(F)cc2Br)CCCS1. The Balaban J connectivity index is 2.22. The molecule has 0 bridgehead atoms. The van der Waals surface area contributed by atoms with Crippen molar-refractivity contribution in [3.05, 3.63) is 27.4 Å². The number of carbonyl (C=O) groups is 1. The highest BCUT2D eigenvalue weighted by molar-refractivity contribution is 9.10. The van der Waals surface area contributed by atoms with Gasteiger partial charge in [0.2, 0.25) is 5.91 Å². The largest absolute Gasteiger partial charge is 0.323 e. The minimum atomic E-state index is -0.439. The first-order chi connectivity index (χ1) is 8.42. The number of anilines is 1. The first kappa shape index (κ1) is 14.2. The molecule has 0 saturated carbocycles. The fourth-order valence-corrected chi connectivity index (χ4v) is 3.97. The van der Waals surface area contributed by atoms with E-state index in [1.807, 2.05) is 6.92 Å². The molecule has 1 atom stereocenters. The van der Waals surface area contributed by atoms with Gasteiger partial charge in [0, 0.05) is 4.47 Å². The van der Waals surface area contributed by atoms with Crippen LogP contribution in [0.25, 0.3) is 0 Å². The number of hydrogen-bond donors (Lipinski definition) is 1. The summed E-state index contributed by atoms with van der Waals surface area (Å²) in [6, 6.07) is 2.47. The van der Waals surface area contributed by atoms with E-state index in [2.05, 4.69) is 21.2 Å². The molecule has 0 radical (unpaired) electrons. The van der Waals surface area contributed by atoms with Crippen LogP contribution in [0.15, 0.2) is 16.6 Å². The number of benzene rings is 1. The van der Waals surface area contributed by atoms with Crippen molar-refractivity contribution in [3.8, 4) is 0 Å². The molecule has 1 fully saturated rings. The summed E-state index contributed by atoms with van der Waals surface area (Å²) < 4.78 is 13.1. The maximum absolute atomic E-state index is 13.1. The van der Waals surface area contributed by atoms with Crippen LogP contribution < -0.4 is 5.32 Å². The maximum atomic E-state index is 13.1. The molecule has 1 N–H and O–H groups in total. The van der Waals surface area contributed by atoms with Crippen molar-refractivity contribution in [2.75, 3.05) is 11.1 Å². The zero-order chi connectivity index (χ0) is 13.3. The molecule has 6 heteroatoms. The molecule has 0 spiro atoms. The lowest BCUT2D eigenvalue weighted by Gasteiger charge is -2.22. The molecule has 2 nitrogen and oxygen atoms in total. The maximum Gasteiger partial charge on any atom is 0.240 e. The highest BCUT2D eigenvalue weighted by Crippen LogP contribution is 2.40. The second-order valence-electron chi connectivity index (χ2n) is 4.38. The Morgan fingerprint density at radius 1 is 1.61 bits per heavy atom. The molecule has 1 aliphatic heterocycles. The van der Waals surface area contributed by atoms with E-state index in [0.29, 0.717) is 10.2 Å². The molecule has 1 saturated heterocycles. The van der Waals surface area contributed by atoms with E-state index in [1.165, 1.54) is 12.1 Å². The molecule has 2 rings (SSSR count). The van der Waals surface area contributed by atoms with Crippen molar-refractivity contribution in [1.29, 1.82) is 0 Å². The van der Waals surface area contributed by atoms with Crippen LogP contribution in [0.3, 0.4) is 0 Å². The third-order valence-electron chi connectivity index (χ3n) is 2.94. The Morgan fingerprint density at radius 2 is 2.33 bits per heavy atom. The number of nitrogens with one attached hydrogen (secondary N) is 1. The minimum Gasteiger partial charge on any atom is -0.323 e. The zero-order valence-corrected chi connectivity index (χ0v) is 12.9. The van der Waals surface area contributed by atoms with Gasteiger partial charge in [0.15, 0.2) is 0 Å². The van der Waals surface area contributed by atoms with Gasteiger partial charge in [-0.1, -0.05) is 11.6 Å². The van der Waals surface area contributed by atoms with Crippen molar-refractivity contribution < 1.29 is 9.18 Å². The lowest BCUT2D eigenvalue weighted by atomic mass is 10.0. The Kier molecular flexibility index (Phi) is 4.24.